The maximum Gasteiger partial charge on any atom is 0.337 e. The Balaban J connectivity index is 1.82. The molecule has 0 N–H and O–H groups in total. The van der Waals surface area contributed by atoms with Crippen molar-refractivity contribution in [2.75, 3.05) is 0 Å². The highest BCUT2D eigenvalue weighted by Gasteiger charge is 2.21. The fourth-order valence-corrected chi connectivity index (χ4v) is 3.64. The third-order valence-electron chi connectivity index (χ3n) is 4.95. The zero-order valence-corrected chi connectivity index (χ0v) is 15.9. The number of hydrogen-bond acceptors (Lipinski definition) is 5. The molecule has 5 rings (SSSR count). The predicted molar refractivity (Wildman–Crippen MR) is 110 cm³/mol. The Bertz CT molecular complexity index is 1350. The highest BCUT2D eigenvalue weighted by Crippen LogP contribution is 2.22. The van der Waals surface area contributed by atoms with Crippen LogP contribution in [-0.4, -0.2) is 33.7 Å². The number of nitrogens with zero attached hydrogens (tertiary/aromatic N) is 7. The van der Waals surface area contributed by atoms with Crippen LogP contribution in [0.2, 0.25) is 0 Å². The normalized spacial score (nSPS) is 11.5. The van der Waals surface area contributed by atoms with E-state index in [1.165, 1.54) is 0 Å². The zero-order chi connectivity index (χ0) is 19.8. The molecule has 8 heteroatoms. The smallest absolute Gasteiger partial charge is 0.322 e. The van der Waals surface area contributed by atoms with Gasteiger partial charge in [-0.05, 0) is 24.1 Å². The van der Waals surface area contributed by atoms with Gasteiger partial charge >= 0.3 is 5.69 Å². The first kappa shape index (κ1) is 17.3. The van der Waals surface area contributed by atoms with Gasteiger partial charge in [0.15, 0.2) is 17.1 Å². The largest absolute Gasteiger partial charge is 0.337 e. The van der Waals surface area contributed by atoms with E-state index < -0.39 is 0 Å². The summed E-state index contributed by atoms with van der Waals surface area (Å²) >= 11 is 0. The van der Waals surface area contributed by atoms with Crippen LogP contribution >= 0.6 is 0 Å². The van der Waals surface area contributed by atoms with Crippen molar-refractivity contribution in [2.45, 2.75) is 26.4 Å². The Labute approximate surface area is 166 Å². The number of hydrogen-bond donors (Lipinski definition) is 0. The molecule has 4 aromatic heterocycles. The standard InChI is InChI=1S/C21H19N7O/c1-2-12-27-19-17(26(14-23-19)13-15-6-4-3-5-7-15)20-25-24-18(28(20)21(27)29)16-8-10-22-11-9-16/h3-11,14H,2,12-13H2,1H3. The third kappa shape index (κ3) is 2.80. The van der Waals surface area contributed by atoms with Gasteiger partial charge in [-0.3, -0.25) is 9.55 Å². The predicted octanol–water partition coefficient (Wildman–Crippen LogP) is 2.76. The van der Waals surface area contributed by atoms with Crippen molar-refractivity contribution in [2.24, 2.45) is 0 Å². The highest BCUT2D eigenvalue weighted by atomic mass is 16.1. The van der Waals surface area contributed by atoms with Gasteiger partial charge in [0.2, 0.25) is 0 Å². The number of fused-ring (bicyclic) bond motifs is 3. The summed E-state index contributed by atoms with van der Waals surface area (Å²) in [6.45, 7) is 3.25. The van der Waals surface area contributed by atoms with Crippen molar-refractivity contribution in [1.82, 2.24) is 33.7 Å². The first-order valence-corrected chi connectivity index (χ1v) is 9.55. The van der Waals surface area contributed by atoms with Crippen molar-refractivity contribution in [3.63, 3.8) is 0 Å². The van der Waals surface area contributed by atoms with Crippen LogP contribution in [-0.2, 0) is 13.1 Å². The minimum atomic E-state index is -0.184. The molecule has 5 aromatic rings. The molecule has 0 fully saturated rings. The number of rotatable bonds is 5. The number of aromatic nitrogens is 7. The maximum absolute atomic E-state index is 13.3. The maximum atomic E-state index is 13.3. The van der Waals surface area contributed by atoms with Crippen LogP contribution in [0.4, 0.5) is 0 Å². The average Bonchev–Trinajstić information content (AvgIpc) is 3.37. The van der Waals surface area contributed by atoms with Crippen LogP contribution in [0.15, 0.2) is 66.0 Å². The van der Waals surface area contributed by atoms with E-state index in [0.29, 0.717) is 30.2 Å². The Morgan fingerprint density at radius 2 is 1.76 bits per heavy atom. The van der Waals surface area contributed by atoms with Crippen LogP contribution in [0.25, 0.3) is 28.2 Å². The van der Waals surface area contributed by atoms with Gasteiger partial charge in [-0.2, -0.15) is 0 Å². The summed E-state index contributed by atoms with van der Waals surface area (Å²) in [5, 5.41) is 8.71. The number of pyridine rings is 1. The van der Waals surface area contributed by atoms with E-state index in [4.69, 9.17) is 0 Å². The molecule has 0 saturated carbocycles. The Hall–Kier alpha value is -3.81. The van der Waals surface area contributed by atoms with Gasteiger partial charge in [0, 0.05) is 31.0 Å². The van der Waals surface area contributed by atoms with E-state index in [9.17, 15) is 4.79 Å². The fraction of sp³-hybridized carbons (Fsp3) is 0.190. The Morgan fingerprint density at radius 1 is 0.966 bits per heavy atom. The number of aryl methyl sites for hydroxylation is 1. The lowest BCUT2D eigenvalue weighted by atomic mass is 10.2. The SMILES string of the molecule is CCCn1c(=O)n2c(-c3ccncc3)nnc2c2c1ncn2Cc1ccccc1. The summed E-state index contributed by atoms with van der Waals surface area (Å²) in [6.07, 6.45) is 5.95. The van der Waals surface area contributed by atoms with Crippen LogP contribution < -0.4 is 5.69 Å². The lowest BCUT2D eigenvalue weighted by Gasteiger charge is -2.10. The van der Waals surface area contributed by atoms with E-state index in [0.717, 1.165) is 23.1 Å². The molecule has 0 radical (unpaired) electrons. The van der Waals surface area contributed by atoms with Crippen LogP contribution in [0.5, 0.6) is 0 Å². The Morgan fingerprint density at radius 3 is 2.52 bits per heavy atom. The summed E-state index contributed by atoms with van der Waals surface area (Å²) in [5.74, 6) is 0.506. The molecule has 4 heterocycles. The number of imidazole rings is 1. The van der Waals surface area contributed by atoms with Crippen LogP contribution in [0.3, 0.4) is 0 Å². The molecule has 0 aliphatic rings. The van der Waals surface area contributed by atoms with E-state index in [-0.39, 0.29) is 5.69 Å². The van der Waals surface area contributed by atoms with Crippen molar-refractivity contribution in [3.05, 3.63) is 77.2 Å². The first-order chi connectivity index (χ1) is 14.3. The molecule has 0 spiro atoms. The van der Waals surface area contributed by atoms with Crippen molar-refractivity contribution < 1.29 is 0 Å². The van der Waals surface area contributed by atoms with Gasteiger partial charge in [0.1, 0.15) is 5.52 Å². The minimum absolute atomic E-state index is 0.184. The van der Waals surface area contributed by atoms with Gasteiger partial charge in [-0.15, -0.1) is 10.2 Å². The molecule has 8 nitrogen and oxygen atoms in total. The zero-order valence-electron chi connectivity index (χ0n) is 15.9. The van der Waals surface area contributed by atoms with E-state index in [2.05, 4.69) is 32.3 Å². The monoisotopic (exact) mass is 385 g/mol. The topological polar surface area (TPSA) is 82.9 Å². The third-order valence-corrected chi connectivity index (χ3v) is 4.95. The average molecular weight is 385 g/mol. The second-order valence-corrected chi connectivity index (χ2v) is 6.88. The molecule has 0 bridgehead atoms. The van der Waals surface area contributed by atoms with Crippen molar-refractivity contribution in [3.8, 4) is 11.4 Å². The van der Waals surface area contributed by atoms with Gasteiger partial charge < -0.3 is 4.57 Å². The lowest BCUT2D eigenvalue weighted by molar-refractivity contribution is 0.648. The van der Waals surface area contributed by atoms with Crippen molar-refractivity contribution in [1.29, 1.82) is 0 Å². The summed E-state index contributed by atoms with van der Waals surface area (Å²) in [7, 11) is 0. The van der Waals surface area contributed by atoms with Gasteiger partial charge in [0.25, 0.3) is 0 Å². The molecular weight excluding hydrogens is 366 g/mol. The van der Waals surface area contributed by atoms with Crippen molar-refractivity contribution >= 4 is 16.8 Å². The van der Waals surface area contributed by atoms with Crippen LogP contribution in [0, 0.1) is 0 Å². The summed E-state index contributed by atoms with van der Waals surface area (Å²) in [6, 6.07) is 13.8. The Kier molecular flexibility index (Phi) is 4.16. The quantitative estimate of drug-likeness (QED) is 0.465. The molecule has 144 valence electrons. The summed E-state index contributed by atoms with van der Waals surface area (Å²) in [5.41, 5.74) is 3.70. The van der Waals surface area contributed by atoms with Crippen LogP contribution in [0.1, 0.15) is 18.9 Å². The van der Waals surface area contributed by atoms with Gasteiger partial charge in [0.05, 0.1) is 6.33 Å². The first-order valence-electron chi connectivity index (χ1n) is 9.55. The highest BCUT2D eigenvalue weighted by molar-refractivity contribution is 5.87. The molecule has 0 amide bonds. The molecule has 0 atom stereocenters. The van der Waals surface area contributed by atoms with E-state index >= 15 is 0 Å². The molecule has 0 aliphatic carbocycles. The number of benzene rings is 1. The molecule has 0 unspecified atom stereocenters. The molecular formula is C21H19N7O. The van der Waals surface area contributed by atoms with E-state index in [1.54, 1.807) is 27.7 Å². The summed E-state index contributed by atoms with van der Waals surface area (Å²) < 4.78 is 5.31. The van der Waals surface area contributed by atoms with E-state index in [1.807, 2.05) is 41.8 Å². The molecule has 1 aromatic carbocycles. The lowest BCUT2D eigenvalue weighted by Crippen LogP contribution is -2.28. The summed E-state index contributed by atoms with van der Waals surface area (Å²) in [4.78, 5) is 21.9. The molecule has 0 saturated heterocycles. The second kappa shape index (κ2) is 6.97. The molecule has 0 aliphatic heterocycles. The van der Waals surface area contributed by atoms with Gasteiger partial charge in [-0.25, -0.2) is 14.2 Å². The molecule has 29 heavy (non-hydrogen) atoms. The van der Waals surface area contributed by atoms with Gasteiger partial charge in [-0.1, -0.05) is 37.3 Å². The minimum Gasteiger partial charge on any atom is -0.322 e. The fourth-order valence-electron chi connectivity index (χ4n) is 3.64. The second-order valence-electron chi connectivity index (χ2n) is 6.88.